The standard InChI is InChI=1S/C22H21ClF3N3OS/c1-12(2)18(27-17-10-9-15(11-16(17)23)22(24,25)26)20(30)29-21-28-19(13(3)31-21)14-7-5-4-6-8-14/h4-12,18,27H,1-3H3,(H,28,29,30). The van der Waals surface area contributed by atoms with E-state index in [0.717, 1.165) is 28.3 Å². The summed E-state index contributed by atoms with van der Waals surface area (Å²) in [5.41, 5.74) is 1.15. The van der Waals surface area contributed by atoms with Gasteiger partial charge in [-0.05, 0) is 31.0 Å². The largest absolute Gasteiger partial charge is 0.416 e. The second-order valence-electron chi connectivity index (χ2n) is 7.34. The molecule has 4 nitrogen and oxygen atoms in total. The van der Waals surface area contributed by atoms with Crippen LogP contribution in [-0.4, -0.2) is 16.9 Å². The minimum Gasteiger partial charge on any atom is -0.372 e. The molecular weight excluding hydrogens is 447 g/mol. The van der Waals surface area contributed by atoms with Crippen molar-refractivity contribution in [3.05, 3.63) is 64.0 Å². The second-order valence-corrected chi connectivity index (χ2v) is 8.95. The lowest BCUT2D eigenvalue weighted by Crippen LogP contribution is -2.39. The molecular formula is C22H21ClF3N3OS. The first kappa shape index (κ1) is 23.1. The van der Waals surface area contributed by atoms with E-state index in [1.165, 1.54) is 17.4 Å². The average molecular weight is 468 g/mol. The Kier molecular flexibility index (Phi) is 6.91. The Hall–Kier alpha value is -2.58. The molecule has 3 aromatic rings. The molecule has 1 unspecified atom stereocenters. The summed E-state index contributed by atoms with van der Waals surface area (Å²) in [7, 11) is 0. The summed E-state index contributed by atoms with van der Waals surface area (Å²) >= 11 is 7.40. The molecule has 0 radical (unpaired) electrons. The van der Waals surface area contributed by atoms with Crippen LogP contribution >= 0.6 is 22.9 Å². The van der Waals surface area contributed by atoms with E-state index in [1.54, 1.807) is 0 Å². The Balaban J connectivity index is 1.78. The van der Waals surface area contributed by atoms with Crippen molar-refractivity contribution in [1.29, 1.82) is 0 Å². The van der Waals surface area contributed by atoms with Gasteiger partial charge in [-0.25, -0.2) is 4.98 Å². The fourth-order valence-electron chi connectivity index (χ4n) is 3.01. The molecule has 0 saturated carbocycles. The number of aromatic nitrogens is 1. The van der Waals surface area contributed by atoms with Crippen LogP contribution in [0.25, 0.3) is 11.3 Å². The van der Waals surface area contributed by atoms with Gasteiger partial charge in [0.15, 0.2) is 5.13 Å². The first-order valence-electron chi connectivity index (χ1n) is 9.53. The lowest BCUT2D eigenvalue weighted by molar-refractivity contribution is -0.137. The van der Waals surface area contributed by atoms with Gasteiger partial charge >= 0.3 is 6.18 Å². The van der Waals surface area contributed by atoms with Crippen LogP contribution in [0.15, 0.2) is 48.5 Å². The molecule has 0 aliphatic carbocycles. The minimum atomic E-state index is -4.49. The van der Waals surface area contributed by atoms with Crippen LogP contribution in [0, 0.1) is 12.8 Å². The lowest BCUT2D eigenvalue weighted by atomic mass is 10.0. The number of carbonyl (C=O) groups excluding carboxylic acids is 1. The van der Waals surface area contributed by atoms with Crippen LogP contribution in [0.1, 0.15) is 24.3 Å². The van der Waals surface area contributed by atoms with E-state index in [-0.39, 0.29) is 22.5 Å². The summed E-state index contributed by atoms with van der Waals surface area (Å²) in [5, 5.41) is 6.12. The van der Waals surface area contributed by atoms with Gasteiger partial charge in [0.05, 0.1) is 22.0 Å². The highest BCUT2D eigenvalue weighted by Crippen LogP contribution is 2.35. The number of anilines is 2. The zero-order chi connectivity index (χ0) is 22.8. The number of amides is 1. The van der Waals surface area contributed by atoms with Crippen molar-refractivity contribution in [3.8, 4) is 11.3 Å². The summed E-state index contributed by atoms with van der Waals surface area (Å²) in [4.78, 5) is 18.4. The fourth-order valence-corrected chi connectivity index (χ4v) is 4.08. The average Bonchev–Trinajstić information content (AvgIpc) is 3.06. The van der Waals surface area contributed by atoms with Gasteiger partial charge in [0.25, 0.3) is 0 Å². The number of thiazole rings is 1. The summed E-state index contributed by atoms with van der Waals surface area (Å²) in [6.45, 7) is 5.59. The van der Waals surface area contributed by atoms with Crippen LogP contribution in [0.4, 0.5) is 24.0 Å². The number of carbonyl (C=O) groups is 1. The number of alkyl halides is 3. The van der Waals surface area contributed by atoms with Crippen molar-refractivity contribution < 1.29 is 18.0 Å². The maximum absolute atomic E-state index is 12.9. The smallest absolute Gasteiger partial charge is 0.372 e. The Labute approximate surface area is 187 Å². The molecule has 31 heavy (non-hydrogen) atoms. The molecule has 0 bridgehead atoms. The Morgan fingerprint density at radius 1 is 1.13 bits per heavy atom. The van der Waals surface area contributed by atoms with Gasteiger partial charge in [0.1, 0.15) is 6.04 Å². The molecule has 0 aliphatic heterocycles. The SMILES string of the molecule is Cc1sc(NC(=O)C(Nc2ccc(C(F)(F)F)cc2Cl)C(C)C)nc1-c1ccccc1. The van der Waals surface area contributed by atoms with Crippen LogP contribution in [0.3, 0.4) is 0 Å². The summed E-state index contributed by atoms with van der Waals surface area (Å²) in [6.07, 6.45) is -4.49. The number of nitrogens with one attached hydrogen (secondary N) is 2. The zero-order valence-electron chi connectivity index (χ0n) is 17.0. The van der Waals surface area contributed by atoms with Crippen LogP contribution < -0.4 is 10.6 Å². The quantitative estimate of drug-likeness (QED) is 0.416. The van der Waals surface area contributed by atoms with E-state index in [1.807, 2.05) is 51.1 Å². The molecule has 2 aromatic carbocycles. The van der Waals surface area contributed by atoms with Gasteiger partial charge in [-0.3, -0.25) is 4.79 Å². The number of benzene rings is 2. The second kappa shape index (κ2) is 9.28. The molecule has 0 spiro atoms. The number of aryl methyl sites for hydroxylation is 1. The molecule has 0 fully saturated rings. The van der Waals surface area contributed by atoms with E-state index in [0.29, 0.717) is 5.13 Å². The lowest BCUT2D eigenvalue weighted by Gasteiger charge is -2.23. The molecule has 1 amide bonds. The van der Waals surface area contributed by atoms with Gasteiger partial charge in [0, 0.05) is 10.4 Å². The number of rotatable bonds is 6. The molecule has 0 saturated heterocycles. The normalized spacial score (nSPS) is 12.6. The van der Waals surface area contributed by atoms with Crippen LogP contribution in [-0.2, 0) is 11.0 Å². The molecule has 9 heteroatoms. The maximum Gasteiger partial charge on any atom is 0.416 e. The Morgan fingerprint density at radius 2 is 1.81 bits per heavy atom. The van der Waals surface area contributed by atoms with Crippen molar-refractivity contribution >= 4 is 39.7 Å². The zero-order valence-corrected chi connectivity index (χ0v) is 18.6. The highest BCUT2D eigenvalue weighted by molar-refractivity contribution is 7.16. The monoisotopic (exact) mass is 467 g/mol. The van der Waals surface area contributed by atoms with Gasteiger partial charge in [-0.1, -0.05) is 55.8 Å². The van der Waals surface area contributed by atoms with Crippen molar-refractivity contribution in [2.75, 3.05) is 10.6 Å². The fraction of sp³-hybridized carbons (Fsp3) is 0.273. The van der Waals surface area contributed by atoms with Gasteiger partial charge < -0.3 is 10.6 Å². The van der Waals surface area contributed by atoms with Gasteiger partial charge in [-0.2, -0.15) is 13.2 Å². The van der Waals surface area contributed by atoms with Crippen molar-refractivity contribution in [2.45, 2.75) is 33.0 Å². The van der Waals surface area contributed by atoms with Crippen molar-refractivity contribution in [1.82, 2.24) is 4.98 Å². The molecule has 2 N–H and O–H groups in total. The van der Waals surface area contributed by atoms with E-state index >= 15 is 0 Å². The summed E-state index contributed by atoms with van der Waals surface area (Å²) in [5.74, 6) is -0.507. The predicted molar refractivity (Wildman–Crippen MR) is 120 cm³/mol. The van der Waals surface area contributed by atoms with E-state index in [2.05, 4.69) is 15.6 Å². The van der Waals surface area contributed by atoms with Crippen molar-refractivity contribution in [2.24, 2.45) is 5.92 Å². The number of halogens is 4. The number of nitrogens with zero attached hydrogens (tertiary/aromatic N) is 1. The number of hydrogen-bond donors (Lipinski definition) is 2. The van der Waals surface area contributed by atoms with Gasteiger partial charge in [-0.15, -0.1) is 11.3 Å². The summed E-state index contributed by atoms with van der Waals surface area (Å²) < 4.78 is 38.6. The van der Waals surface area contributed by atoms with Crippen LogP contribution in [0.2, 0.25) is 5.02 Å². The molecule has 164 valence electrons. The van der Waals surface area contributed by atoms with Crippen LogP contribution in [0.5, 0.6) is 0 Å². The minimum absolute atomic E-state index is 0.107. The molecule has 0 aliphatic rings. The van der Waals surface area contributed by atoms with Crippen molar-refractivity contribution in [3.63, 3.8) is 0 Å². The first-order chi connectivity index (χ1) is 14.6. The molecule has 1 heterocycles. The molecule has 3 rings (SSSR count). The molecule has 1 atom stereocenters. The Bertz CT molecular complexity index is 1070. The van der Waals surface area contributed by atoms with E-state index in [4.69, 9.17) is 11.6 Å². The molecule has 1 aromatic heterocycles. The highest BCUT2D eigenvalue weighted by Gasteiger charge is 2.31. The summed E-state index contributed by atoms with van der Waals surface area (Å²) in [6, 6.07) is 11.9. The third-order valence-electron chi connectivity index (χ3n) is 4.63. The van der Waals surface area contributed by atoms with E-state index < -0.39 is 17.8 Å². The third-order valence-corrected chi connectivity index (χ3v) is 5.83. The third kappa shape index (κ3) is 5.57. The topological polar surface area (TPSA) is 54.0 Å². The van der Waals surface area contributed by atoms with E-state index in [9.17, 15) is 18.0 Å². The Morgan fingerprint density at radius 3 is 2.39 bits per heavy atom. The highest BCUT2D eigenvalue weighted by atomic mass is 35.5. The van der Waals surface area contributed by atoms with Gasteiger partial charge in [0.2, 0.25) is 5.91 Å². The predicted octanol–water partition coefficient (Wildman–Crippen LogP) is 6.87. The first-order valence-corrected chi connectivity index (χ1v) is 10.7. The maximum atomic E-state index is 12.9. The number of hydrogen-bond acceptors (Lipinski definition) is 4.